The molecule has 0 bridgehead atoms. The van der Waals surface area contributed by atoms with E-state index >= 15 is 0 Å². The maximum atomic E-state index is 13.2. The average Bonchev–Trinajstić information content (AvgIpc) is 2.97. The first kappa shape index (κ1) is 28.1. The molecule has 1 aliphatic heterocycles. The standard InChI is InChI=1S/C31H38N2O6/c1-6-39-26-10-8-7-9-23(26)19-32-31(34)20-33-14-13-22-17-29(37-4)30(38-5)18-24(22)25(33)15-21-11-12-27(35-2)28(16-21)36-3/h7-12,16-18,25H,6,13-15,19-20H2,1-5H3,(H,32,34). The van der Waals surface area contributed by atoms with Crippen LogP contribution in [0.3, 0.4) is 0 Å². The molecule has 1 unspecified atom stereocenters. The molecule has 8 nitrogen and oxygen atoms in total. The number of nitrogens with one attached hydrogen (secondary N) is 1. The van der Waals surface area contributed by atoms with Crippen LogP contribution in [-0.2, 0) is 24.2 Å². The van der Waals surface area contributed by atoms with E-state index in [1.54, 1.807) is 28.4 Å². The van der Waals surface area contributed by atoms with Crippen LogP contribution in [0.2, 0.25) is 0 Å². The second-order valence-corrected chi connectivity index (χ2v) is 9.35. The van der Waals surface area contributed by atoms with Gasteiger partial charge in [0.1, 0.15) is 5.75 Å². The molecule has 0 saturated carbocycles. The van der Waals surface area contributed by atoms with E-state index in [-0.39, 0.29) is 18.5 Å². The summed E-state index contributed by atoms with van der Waals surface area (Å²) < 4.78 is 27.9. The molecule has 8 heteroatoms. The van der Waals surface area contributed by atoms with Gasteiger partial charge in [-0.2, -0.15) is 0 Å². The first-order valence-corrected chi connectivity index (χ1v) is 13.2. The SMILES string of the molecule is CCOc1ccccc1CNC(=O)CN1CCc2cc(OC)c(OC)cc2C1Cc1ccc(OC)c(OC)c1. The third-order valence-corrected chi connectivity index (χ3v) is 7.09. The highest BCUT2D eigenvalue weighted by Gasteiger charge is 2.31. The molecule has 1 amide bonds. The van der Waals surface area contributed by atoms with Crippen molar-refractivity contribution in [2.24, 2.45) is 0 Å². The first-order chi connectivity index (χ1) is 19.0. The quantitative estimate of drug-likeness (QED) is 0.365. The summed E-state index contributed by atoms with van der Waals surface area (Å²) in [6.45, 7) is 3.94. The number of hydrogen-bond donors (Lipinski definition) is 1. The molecule has 0 aliphatic carbocycles. The van der Waals surface area contributed by atoms with Gasteiger partial charge in [-0.25, -0.2) is 0 Å². The van der Waals surface area contributed by atoms with Crippen molar-refractivity contribution < 1.29 is 28.5 Å². The Morgan fingerprint density at radius 1 is 0.872 bits per heavy atom. The van der Waals surface area contributed by atoms with Gasteiger partial charge in [-0.05, 0) is 66.8 Å². The number of amides is 1. The molecule has 3 aromatic rings. The molecule has 1 heterocycles. The number of para-hydroxylation sites is 1. The Bertz CT molecular complexity index is 1280. The lowest BCUT2D eigenvalue weighted by Crippen LogP contribution is -2.43. The number of fused-ring (bicyclic) bond motifs is 1. The number of hydrogen-bond acceptors (Lipinski definition) is 7. The number of methoxy groups -OCH3 is 4. The molecule has 0 radical (unpaired) electrons. The fraction of sp³-hybridized carbons (Fsp3) is 0.387. The maximum absolute atomic E-state index is 13.2. The topological polar surface area (TPSA) is 78.5 Å². The van der Waals surface area contributed by atoms with Gasteiger partial charge in [0.2, 0.25) is 5.91 Å². The van der Waals surface area contributed by atoms with Gasteiger partial charge in [0.15, 0.2) is 23.0 Å². The van der Waals surface area contributed by atoms with E-state index in [0.29, 0.717) is 42.6 Å². The number of rotatable bonds is 12. The van der Waals surface area contributed by atoms with Gasteiger partial charge >= 0.3 is 0 Å². The fourth-order valence-electron chi connectivity index (χ4n) is 5.12. The third-order valence-electron chi connectivity index (χ3n) is 7.09. The molecular formula is C31H38N2O6. The number of nitrogens with zero attached hydrogens (tertiary/aromatic N) is 1. The fourth-order valence-corrected chi connectivity index (χ4v) is 5.12. The number of carbonyl (C=O) groups is 1. The lowest BCUT2D eigenvalue weighted by Gasteiger charge is -2.37. The molecule has 39 heavy (non-hydrogen) atoms. The van der Waals surface area contributed by atoms with Crippen LogP contribution in [0.25, 0.3) is 0 Å². The van der Waals surface area contributed by atoms with E-state index in [1.807, 2.05) is 55.5 Å². The summed E-state index contributed by atoms with van der Waals surface area (Å²) >= 11 is 0. The van der Waals surface area contributed by atoms with Gasteiger partial charge < -0.3 is 29.0 Å². The summed E-state index contributed by atoms with van der Waals surface area (Å²) in [5.41, 5.74) is 4.36. The van der Waals surface area contributed by atoms with Crippen molar-refractivity contribution in [3.05, 3.63) is 76.9 Å². The van der Waals surface area contributed by atoms with Gasteiger partial charge in [0.25, 0.3) is 0 Å². The summed E-state index contributed by atoms with van der Waals surface area (Å²) in [4.78, 5) is 15.4. The van der Waals surface area contributed by atoms with Crippen LogP contribution in [0.4, 0.5) is 0 Å². The second kappa shape index (κ2) is 13.2. The van der Waals surface area contributed by atoms with Crippen molar-refractivity contribution in [2.45, 2.75) is 32.4 Å². The van der Waals surface area contributed by atoms with Crippen LogP contribution in [0.1, 0.15) is 35.2 Å². The first-order valence-electron chi connectivity index (χ1n) is 13.2. The molecule has 3 aromatic carbocycles. The molecule has 4 rings (SSSR count). The van der Waals surface area contributed by atoms with E-state index in [4.69, 9.17) is 23.7 Å². The number of carbonyl (C=O) groups excluding carboxylic acids is 1. The zero-order valence-electron chi connectivity index (χ0n) is 23.4. The van der Waals surface area contributed by atoms with Gasteiger partial charge in [-0.15, -0.1) is 0 Å². The minimum absolute atomic E-state index is 0.0393. The van der Waals surface area contributed by atoms with Crippen molar-refractivity contribution in [3.63, 3.8) is 0 Å². The van der Waals surface area contributed by atoms with Crippen LogP contribution in [-0.4, -0.2) is 58.9 Å². The van der Waals surface area contributed by atoms with Crippen LogP contribution in [0.5, 0.6) is 28.7 Å². The molecule has 1 N–H and O–H groups in total. The van der Waals surface area contributed by atoms with Gasteiger partial charge in [0.05, 0.1) is 41.6 Å². The molecule has 0 saturated heterocycles. The number of benzene rings is 3. The second-order valence-electron chi connectivity index (χ2n) is 9.35. The van der Waals surface area contributed by atoms with Crippen molar-refractivity contribution in [2.75, 3.05) is 48.1 Å². The summed E-state index contributed by atoms with van der Waals surface area (Å²) in [5, 5.41) is 3.09. The third kappa shape index (κ3) is 6.57. The van der Waals surface area contributed by atoms with Crippen molar-refractivity contribution in [3.8, 4) is 28.7 Å². The molecule has 208 valence electrons. The van der Waals surface area contributed by atoms with Crippen molar-refractivity contribution in [1.29, 1.82) is 0 Å². The highest BCUT2D eigenvalue weighted by molar-refractivity contribution is 5.78. The van der Waals surface area contributed by atoms with E-state index in [2.05, 4.69) is 16.3 Å². The molecule has 1 aliphatic rings. The summed E-state index contributed by atoms with van der Waals surface area (Å²) in [7, 11) is 6.55. The smallest absolute Gasteiger partial charge is 0.234 e. The van der Waals surface area contributed by atoms with E-state index < -0.39 is 0 Å². The lowest BCUT2D eigenvalue weighted by molar-refractivity contribution is -0.123. The van der Waals surface area contributed by atoms with Crippen molar-refractivity contribution >= 4 is 5.91 Å². The molecule has 0 aromatic heterocycles. The van der Waals surface area contributed by atoms with Gasteiger partial charge in [-0.1, -0.05) is 24.3 Å². The zero-order chi connectivity index (χ0) is 27.8. The van der Waals surface area contributed by atoms with E-state index in [9.17, 15) is 4.79 Å². The predicted octanol–water partition coefficient (Wildman–Crippen LogP) is 4.58. The Kier molecular flexibility index (Phi) is 9.54. The van der Waals surface area contributed by atoms with Gasteiger partial charge in [-0.3, -0.25) is 9.69 Å². The average molecular weight is 535 g/mol. The van der Waals surface area contributed by atoms with Crippen LogP contribution < -0.4 is 29.0 Å². The largest absolute Gasteiger partial charge is 0.494 e. The van der Waals surface area contributed by atoms with Crippen LogP contribution >= 0.6 is 0 Å². The Morgan fingerprint density at radius 2 is 1.56 bits per heavy atom. The highest BCUT2D eigenvalue weighted by atomic mass is 16.5. The summed E-state index contributed by atoms with van der Waals surface area (Å²) in [6, 6.07) is 17.8. The minimum Gasteiger partial charge on any atom is -0.494 e. The molecular weight excluding hydrogens is 496 g/mol. The van der Waals surface area contributed by atoms with Crippen LogP contribution in [0, 0.1) is 0 Å². The van der Waals surface area contributed by atoms with Gasteiger partial charge in [0, 0.05) is 24.7 Å². The normalized spacial score (nSPS) is 14.7. The molecule has 0 spiro atoms. The van der Waals surface area contributed by atoms with E-state index in [1.165, 1.54) is 5.56 Å². The lowest BCUT2D eigenvalue weighted by atomic mass is 9.88. The molecule has 1 atom stereocenters. The Hall–Kier alpha value is -3.91. The number of ether oxygens (including phenoxy) is 5. The Labute approximate surface area is 230 Å². The maximum Gasteiger partial charge on any atom is 0.234 e. The zero-order valence-corrected chi connectivity index (χ0v) is 23.4. The van der Waals surface area contributed by atoms with Crippen molar-refractivity contribution in [1.82, 2.24) is 10.2 Å². The Balaban J connectivity index is 1.59. The predicted molar refractivity (Wildman–Crippen MR) is 150 cm³/mol. The molecule has 0 fully saturated rings. The van der Waals surface area contributed by atoms with E-state index in [0.717, 1.165) is 35.4 Å². The minimum atomic E-state index is -0.0480. The highest BCUT2D eigenvalue weighted by Crippen LogP contribution is 2.40. The van der Waals surface area contributed by atoms with Crippen LogP contribution in [0.15, 0.2) is 54.6 Å². The monoisotopic (exact) mass is 534 g/mol. The Morgan fingerprint density at radius 3 is 2.28 bits per heavy atom. The summed E-state index contributed by atoms with van der Waals surface area (Å²) in [5.74, 6) is 3.49. The summed E-state index contributed by atoms with van der Waals surface area (Å²) in [6.07, 6.45) is 1.49.